The van der Waals surface area contributed by atoms with E-state index in [0.29, 0.717) is 30.5 Å². The monoisotopic (exact) mass is 265 g/mol. The maximum atomic E-state index is 13.1. The molecule has 0 saturated heterocycles. The number of halogens is 1. The van der Waals surface area contributed by atoms with Crippen molar-refractivity contribution < 1.29 is 9.13 Å². The van der Waals surface area contributed by atoms with Gasteiger partial charge in [-0.05, 0) is 24.5 Å². The molecule has 104 valence electrons. The molecule has 0 aliphatic carbocycles. The lowest BCUT2D eigenvalue weighted by Crippen LogP contribution is -2.10. The second-order valence-electron chi connectivity index (χ2n) is 5.05. The number of benzene rings is 1. The lowest BCUT2D eigenvalue weighted by Gasteiger charge is -2.08. The molecule has 2 aromatic rings. The average molecular weight is 265 g/mol. The molecule has 4 nitrogen and oxygen atoms in total. The van der Waals surface area contributed by atoms with Crippen LogP contribution in [0.2, 0.25) is 0 Å². The first-order valence-corrected chi connectivity index (χ1v) is 6.57. The summed E-state index contributed by atoms with van der Waals surface area (Å²) in [5, 5.41) is 0. The number of nitrogens with two attached hydrogens (primary N) is 1. The second kappa shape index (κ2) is 6.02. The number of hydrogen-bond donors (Lipinski definition) is 1. The third kappa shape index (κ3) is 3.44. The molecule has 0 amide bonds. The summed E-state index contributed by atoms with van der Waals surface area (Å²) < 4.78 is 20.5. The van der Waals surface area contributed by atoms with Gasteiger partial charge in [0.05, 0.1) is 17.6 Å². The van der Waals surface area contributed by atoms with Crippen molar-refractivity contribution in [2.45, 2.75) is 26.8 Å². The summed E-state index contributed by atoms with van der Waals surface area (Å²) in [4.78, 5) is 4.15. The number of fused-ring (bicyclic) bond motifs is 1. The van der Waals surface area contributed by atoms with E-state index < -0.39 is 0 Å². The van der Waals surface area contributed by atoms with Gasteiger partial charge in [0.2, 0.25) is 5.95 Å². The summed E-state index contributed by atoms with van der Waals surface area (Å²) in [6, 6.07) is 4.50. The zero-order valence-electron chi connectivity index (χ0n) is 11.4. The molecule has 1 aromatic heterocycles. The Hall–Kier alpha value is -1.62. The van der Waals surface area contributed by atoms with Crippen molar-refractivity contribution in [2.75, 3.05) is 18.9 Å². The van der Waals surface area contributed by atoms with E-state index in [9.17, 15) is 4.39 Å². The Morgan fingerprint density at radius 1 is 1.37 bits per heavy atom. The van der Waals surface area contributed by atoms with Gasteiger partial charge in [0, 0.05) is 19.2 Å². The van der Waals surface area contributed by atoms with E-state index in [1.54, 1.807) is 6.07 Å². The molecule has 2 rings (SSSR count). The van der Waals surface area contributed by atoms with Crippen molar-refractivity contribution >= 4 is 17.0 Å². The van der Waals surface area contributed by atoms with Crippen LogP contribution in [0, 0.1) is 11.7 Å². The fourth-order valence-corrected chi connectivity index (χ4v) is 1.93. The zero-order chi connectivity index (χ0) is 13.8. The molecule has 1 aromatic carbocycles. The Morgan fingerprint density at radius 2 is 2.16 bits per heavy atom. The minimum atomic E-state index is -0.301. The molecule has 0 saturated carbocycles. The zero-order valence-corrected chi connectivity index (χ0v) is 11.4. The maximum Gasteiger partial charge on any atom is 0.201 e. The molecule has 2 N–H and O–H groups in total. The molecular formula is C14H20FN3O. The van der Waals surface area contributed by atoms with Gasteiger partial charge in [-0.25, -0.2) is 9.37 Å². The smallest absolute Gasteiger partial charge is 0.201 e. The van der Waals surface area contributed by atoms with Gasteiger partial charge >= 0.3 is 0 Å². The van der Waals surface area contributed by atoms with Crippen LogP contribution in [0.3, 0.4) is 0 Å². The van der Waals surface area contributed by atoms with Crippen LogP contribution in [0.1, 0.15) is 20.3 Å². The van der Waals surface area contributed by atoms with E-state index in [-0.39, 0.29) is 5.82 Å². The van der Waals surface area contributed by atoms with Crippen molar-refractivity contribution in [3.8, 4) is 0 Å². The van der Waals surface area contributed by atoms with E-state index >= 15 is 0 Å². The van der Waals surface area contributed by atoms with Crippen molar-refractivity contribution in [3.05, 3.63) is 24.0 Å². The molecular weight excluding hydrogens is 245 g/mol. The van der Waals surface area contributed by atoms with E-state index in [2.05, 4.69) is 18.8 Å². The summed E-state index contributed by atoms with van der Waals surface area (Å²) >= 11 is 0. The third-order valence-corrected chi connectivity index (χ3v) is 3.04. The van der Waals surface area contributed by atoms with Crippen molar-refractivity contribution in [2.24, 2.45) is 5.92 Å². The van der Waals surface area contributed by atoms with Crippen LogP contribution in [0.25, 0.3) is 11.0 Å². The highest BCUT2D eigenvalue weighted by atomic mass is 19.1. The number of imidazole rings is 1. The summed E-state index contributed by atoms with van der Waals surface area (Å²) in [7, 11) is 0. The normalized spacial score (nSPS) is 11.6. The van der Waals surface area contributed by atoms with Crippen LogP contribution in [0.5, 0.6) is 0 Å². The van der Waals surface area contributed by atoms with Crippen LogP contribution in [-0.4, -0.2) is 22.8 Å². The first-order chi connectivity index (χ1) is 9.08. The molecule has 0 aliphatic heterocycles. The average Bonchev–Trinajstić information content (AvgIpc) is 2.64. The van der Waals surface area contributed by atoms with Crippen LogP contribution in [0.4, 0.5) is 10.3 Å². The number of anilines is 1. The quantitative estimate of drug-likeness (QED) is 0.817. The molecule has 5 heteroatoms. The standard InChI is InChI=1S/C14H20FN3O/c1-10(2)5-7-19-8-6-18-13-4-3-11(15)9-12(13)17-14(18)16/h3-4,9-10H,5-8H2,1-2H3,(H2,16,17). The highest BCUT2D eigenvalue weighted by Crippen LogP contribution is 2.18. The Morgan fingerprint density at radius 3 is 2.89 bits per heavy atom. The number of nitrogens with zero attached hydrogens (tertiary/aromatic N) is 2. The van der Waals surface area contributed by atoms with E-state index in [1.165, 1.54) is 12.1 Å². The van der Waals surface area contributed by atoms with Crippen molar-refractivity contribution in [3.63, 3.8) is 0 Å². The van der Waals surface area contributed by atoms with Crippen LogP contribution in [0.15, 0.2) is 18.2 Å². The number of ether oxygens (including phenoxy) is 1. The maximum absolute atomic E-state index is 13.1. The largest absolute Gasteiger partial charge is 0.380 e. The summed E-state index contributed by atoms with van der Waals surface area (Å²) in [5.74, 6) is 0.737. The molecule has 0 aliphatic rings. The van der Waals surface area contributed by atoms with E-state index in [1.807, 2.05) is 4.57 Å². The minimum absolute atomic E-state index is 0.301. The molecule has 0 bridgehead atoms. The van der Waals surface area contributed by atoms with Gasteiger partial charge in [-0.3, -0.25) is 0 Å². The number of aromatic nitrogens is 2. The van der Waals surface area contributed by atoms with Gasteiger partial charge in [-0.1, -0.05) is 13.8 Å². The first-order valence-electron chi connectivity index (χ1n) is 6.57. The van der Waals surface area contributed by atoms with Gasteiger partial charge < -0.3 is 15.0 Å². The molecule has 19 heavy (non-hydrogen) atoms. The minimum Gasteiger partial charge on any atom is -0.380 e. The Kier molecular flexibility index (Phi) is 4.37. The van der Waals surface area contributed by atoms with Gasteiger partial charge in [-0.2, -0.15) is 0 Å². The lowest BCUT2D eigenvalue weighted by molar-refractivity contribution is 0.117. The summed E-state index contributed by atoms with van der Waals surface area (Å²) in [6.07, 6.45) is 1.05. The molecule has 0 fully saturated rings. The number of rotatable bonds is 6. The Bertz CT molecular complexity index is 551. The number of nitrogen functional groups attached to an aromatic ring is 1. The molecule has 0 radical (unpaired) electrons. The first kappa shape index (κ1) is 13.8. The predicted molar refractivity (Wildman–Crippen MR) is 74.4 cm³/mol. The number of hydrogen-bond acceptors (Lipinski definition) is 3. The molecule has 0 unspecified atom stereocenters. The predicted octanol–water partition coefficient (Wildman–Crippen LogP) is 2.82. The second-order valence-corrected chi connectivity index (χ2v) is 5.05. The molecule has 1 heterocycles. The van der Waals surface area contributed by atoms with Gasteiger partial charge in [0.15, 0.2) is 0 Å². The molecule has 0 atom stereocenters. The van der Waals surface area contributed by atoms with E-state index in [4.69, 9.17) is 10.5 Å². The SMILES string of the molecule is CC(C)CCOCCn1c(N)nc2cc(F)ccc21. The fraction of sp³-hybridized carbons (Fsp3) is 0.500. The van der Waals surface area contributed by atoms with E-state index in [0.717, 1.165) is 18.5 Å². The van der Waals surface area contributed by atoms with Gasteiger partial charge in [0.25, 0.3) is 0 Å². The van der Waals surface area contributed by atoms with Gasteiger partial charge in [-0.15, -0.1) is 0 Å². The fourth-order valence-electron chi connectivity index (χ4n) is 1.93. The topological polar surface area (TPSA) is 53.1 Å². The highest BCUT2D eigenvalue weighted by Gasteiger charge is 2.08. The van der Waals surface area contributed by atoms with Crippen molar-refractivity contribution in [1.29, 1.82) is 0 Å². The van der Waals surface area contributed by atoms with Crippen LogP contribution < -0.4 is 5.73 Å². The van der Waals surface area contributed by atoms with Gasteiger partial charge in [0.1, 0.15) is 5.82 Å². The highest BCUT2D eigenvalue weighted by molar-refractivity contribution is 5.78. The molecule has 0 spiro atoms. The summed E-state index contributed by atoms with van der Waals surface area (Å²) in [5.41, 5.74) is 7.26. The summed E-state index contributed by atoms with van der Waals surface area (Å²) in [6.45, 7) is 6.29. The lowest BCUT2D eigenvalue weighted by atomic mass is 10.1. The van der Waals surface area contributed by atoms with Crippen LogP contribution in [-0.2, 0) is 11.3 Å². The van der Waals surface area contributed by atoms with Crippen LogP contribution >= 0.6 is 0 Å². The van der Waals surface area contributed by atoms with Crippen molar-refractivity contribution in [1.82, 2.24) is 9.55 Å². The third-order valence-electron chi connectivity index (χ3n) is 3.04. The Balaban J connectivity index is 1.98. The Labute approximate surface area is 112 Å².